The summed E-state index contributed by atoms with van der Waals surface area (Å²) in [4.78, 5) is 2.01. The number of aliphatic hydroxyl groups is 1. The molecule has 0 aromatic rings. The highest BCUT2D eigenvalue weighted by atomic mass is 16.3. The van der Waals surface area contributed by atoms with E-state index in [1.54, 1.807) is 0 Å². The highest BCUT2D eigenvalue weighted by Gasteiger charge is 2.30. The van der Waals surface area contributed by atoms with Gasteiger partial charge in [-0.15, -0.1) is 0 Å². The topological polar surface area (TPSA) is 23.5 Å². The first-order valence-electron chi connectivity index (χ1n) is 4.97. The SMILES string of the molecule is CC(O)N(C)C(C)(C)CC(C)(C)C. The van der Waals surface area contributed by atoms with Crippen LogP contribution in [0.4, 0.5) is 0 Å². The Labute approximate surface area is 82.9 Å². The van der Waals surface area contributed by atoms with Crippen LogP contribution in [0.2, 0.25) is 0 Å². The molecule has 2 heteroatoms. The van der Waals surface area contributed by atoms with Crippen molar-refractivity contribution >= 4 is 0 Å². The second-order valence-corrected chi connectivity index (χ2v) is 5.79. The van der Waals surface area contributed by atoms with Crippen molar-refractivity contribution in [2.75, 3.05) is 7.05 Å². The fourth-order valence-corrected chi connectivity index (χ4v) is 1.93. The summed E-state index contributed by atoms with van der Waals surface area (Å²) in [5.74, 6) is 0. The van der Waals surface area contributed by atoms with Gasteiger partial charge in [0.1, 0.15) is 6.23 Å². The van der Waals surface area contributed by atoms with Gasteiger partial charge in [0.05, 0.1) is 0 Å². The van der Waals surface area contributed by atoms with E-state index in [-0.39, 0.29) is 11.8 Å². The predicted octanol–water partition coefficient (Wildman–Crippen LogP) is 2.47. The van der Waals surface area contributed by atoms with Crippen molar-refractivity contribution in [2.45, 2.75) is 59.7 Å². The Bertz CT molecular complexity index is 156. The van der Waals surface area contributed by atoms with Crippen LogP contribution in [0.3, 0.4) is 0 Å². The molecule has 1 unspecified atom stereocenters. The van der Waals surface area contributed by atoms with Gasteiger partial charge in [0.2, 0.25) is 0 Å². The third kappa shape index (κ3) is 4.63. The average molecular weight is 187 g/mol. The molecule has 1 N–H and O–H groups in total. The molecule has 80 valence electrons. The van der Waals surface area contributed by atoms with Crippen LogP contribution in [0.15, 0.2) is 0 Å². The minimum atomic E-state index is -0.377. The van der Waals surface area contributed by atoms with Gasteiger partial charge in [0.25, 0.3) is 0 Å². The van der Waals surface area contributed by atoms with Gasteiger partial charge in [0, 0.05) is 5.54 Å². The average Bonchev–Trinajstić information content (AvgIpc) is 1.80. The Kier molecular flexibility index (Phi) is 3.95. The van der Waals surface area contributed by atoms with E-state index in [0.717, 1.165) is 6.42 Å². The largest absolute Gasteiger partial charge is 0.379 e. The number of rotatable bonds is 3. The van der Waals surface area contributed by atoms with Crippen LogP contribution in [0, 0.1) is 5.41 Å². The first kappa shape index (κ1) is 12.9. The number of nitrogens with zero attached hydrogens (tertiary/aromatic N) is 1. The standard InChI is InChI=1S/C11H25NO/c1-9(13)12(7)11(5,6)8-10(2,3)4/h9,13H,8H2,1-7H3. The van der Waals surface area contributed by atoms with E-state index >= 15 is 0 Å². The summed E-state index contributed by atoms with van der Waals surface area (Å²) < 4.78 is 0. The summed E-state index contributed by atoms with van der Waals surface area (Å²) in [6, 6.07) is 0. The maximum Gasteiger partial charge on any atom is 0.104 e. The van der Waals surface area contributed by atoms with E-state index in [1.807, 2.05) is 18.9 Å². The molecule has 0 fully saturated rings. The molecular formula is C11H25NO. The second kappa shape index (κ2) is 3.97. The van der Waals surface area contributed by atoms with Crippen molar-refractivity contribution in [3.8, 4) is 0 Å². The molecule has 2 nitrogen and oxygen atoms in total. The summed E-state index contributed by atoms with van der Waals surface area (Å²) in [5.41, 5.74) is 0.346. The van der Waals surface area contributed by atoms with E-state index in [4.69, 9.17) is 0 Å². The lowest BCUT2D eigenvalue weighted by Gasteiger charge is -2.41. The molecule has 0 saturated heterocycles. The molecule has 0 aliphatic heterocycles. The van der Waals surface area contributed by atoms with Crippen molar-refractivity contribution in [3.05, 3.63) is 0 Å². The van der Waals surface area contributed by atoms with E-state index in [1.165, 1.54) is 0 Å². The Morgan fingerprint density at radius 3 is 1.77 bits per heavy atom. The zero-order chi connectivity index (χ0) is 10.9. The molecule has 0 spiro atoms. The molecule has 0 saturated carbocycles. The zero-order valence-electron chi connectivity index (χ0n) is 10.2. The maximum absolute atomic E-state index is 9.48. The third-order valence-electron chi connectivity index (χ3n) is 2.48. The Hall–Kier alpha value is -0.0800. The fraction of sp³-hybridized carbons (Fsp3) is 1.00. The van der Waals surface area contributed by atoms with Crippen LogP contribution < -0.4 is 0 Å². The molecule has 0 aliphatic rings. The van der Waals surface area contributed by atoms with Crippen molar-refractivity contribution < 1.29 is 5.11 Å². The first-order chi connectivity index (χ1) is 5.56. The third-order valence-corrected chi connectivity index (χ3v) is 2.48. The van der Waals surface area contributed by atoms with Gasteiger partial charge in [-0.25, -0.2) is 0 Å². The van der Waals surface area contributed by atoms with Crippen LogP contribution >= 0.6 is 0 Å². The van der Waals surface area contributed by atoms with Crippen LogP contribution in [0.5, 0.6) is 0 Å². The predicted molar refractivity (Wildman–Crippen MR) is 57.6 cm³/mol. The molecule has 0 rings (SSSR count). The Balaban J connectivity index is 4.39. The van der Waals surface area contributed by atoms with Crippen molar-refractivity contribution in [1.82, 2.24) is 4.90 Å². The van der Waals surface area contributed by atoms with Gasteiger partial charge >= 0.3 is 0 Å². The molecule has 0 bridgehead atoms. The minimum absolute atomic E-state index is 0.0480. The maximum atomic E-state index is 9.48. The lowest BCUT2D eigenvalue weighted by atomic mass is 9.81. The minimum Gasteiger partial charge on any atom is -0.379 e. The summed E-state index contributed by atoms with van der Waals surface area (Å²) in [6.45, 7) is 12.8. The monoisotopic (exact) mass is 187 g/mol. The van der Waals surface area contributed by atoms with Gasteiger partial charge in [-0.1, -0.05) is 20.8 Å². The fourth-order valence-electron chi connectivity index (χ4n) is 1.93. The quantitative estimate of drug-likeness (QED) is 0.686. The first-order valence-corrected chi connectivity index (χ1v) is 4.97. The summed E-state index contributed by atoms with van der Waals surface area (Å²) in [6.07, 6.45) is 0.693. The smallest absolute Gasteiger partial charge is 0.104 e. The Morgan fingerprint density at radius 1 is 1.15 bits per heavy atom. The van der Waals surface area contributed by atoms with E-state index < -0.39 is 0 Å². The van der Waals surface area contributed by atoms with Gasteiger partial charge < -0.3 is 5.11 Å². The normalized spacial score (nSPS) is 16.4. The van der Waals surface area contributed by atoms with Crippen LogP contribution in [-0.4, -0.2) is 28.8 Å². The number of hydrogen-bond donors (Lipinski definition) is 1. The molecular weight excluding hydrogens is 162 g/mol. The lowest BCUT2D eigenvalue weighted by Crippen LogP contribution is -2.48. The van der Waals surface area contributed by atoms with Crippen molar-refractivity contribution in [3.63, 3.8) is 0 Å². The second-order valence-electron chi connectivity index (χ2n) is 5.79. The molecule has 0 amide bonds. The van der Waals surface area contributed by atoms with Crippen molar-refractivity contribution in [1.29, 1.82) is 0 Å². The zero-order valence-corrected chi connectivity index (χ0v) is 10.2. The van der Waals surface area contributed by atoms with E-state index in [0.29, 0.717) is 5.41 Å². The highest BCUT2D eigenvalue weighted by Crippen LogP contribution is 2.30. The summed E-state index contributed by atoms with van der Waals surface area (Å²) in [7, 11) is 1.97. The molecule has 0 aromatic carbocycles. The van der Waals surface area contributed by atoms with Crippen LogP contribution in [0.1, 0.15) is 48.0 Å². The van der Waals surface area contributed by atoms with Crippen molar-refractivity contribution in [2.24, 2.45) is 5.41 Å². The van der Waals surface area contributed by atoms with Gasteiger partial charge in [-0.3, -0.25) is 4.90 Å². The molecule has 0 radical (unpaired) electrons. The van der Waals surface area contributed by atoms with Crippen LogP contribution in [-0.2, 0) is 0 Å². The summed E-state index contributed by atoms with van der Waals surface area (Å²) >= 11 is 0. The molecule has 0 heterocycles. The molecule has 0 aromatic heterocycles. The van der Waals surface area contributed by atoms with E-state index in [9.17, 15) is 5.11 Å². The van der Waals surface area contributed by atoms with Crippen LogP contribution in [0.25, 0.3) is 0 Å². The lowest BCUT2D eigenvalue weighted by molar-refractivity contribution is -0.0393. The van der Waals surface area contributed by atoms with E-state index in [2.05, 4.69) is 34.6 Å². The number of hydrogen-bond acceptors (Lipinski definition) is 2. The molecule has 0 aliphatic carbocycles. The molecule has 13 heavy (non-hydrogen) atoms. The van der Waals surface area contributed by atoms with Gasteiger partial charge in [0.15, 0.2) is 0 Å². The highest BCUT2D eigenvalue weighted by molar-refractivity contribution is 4.84. The summed E-state index contributed by atoms with van der Waals surface area (Å²) in [5, 5.41) is 9.48. The Morgan fingerprint density at radius 2 is 1.54 bits per heavy atom. The van der Waals surface area contributed by atoms with Gasteiger partial charge in [-0.05, 0) is 39.7 Å². The van der Waals surface area contributed by atoms with Gasteiger partial charge in [-0.2, -0.15) is 0 Å². The number of aliphatic hydroxyl groups excluding tert-OH is 1. The molecule has 1 atom stereocenters.